The number of carbonyl (C=O) groups excluding carboxylic acids is 4. The summed E-state index contributed by atoms with van der Waals surface area (Å²) in [6.07, 6.45) is -7.28. The van der Waals surface area contributed by atoms with Crippen LogP contribution in [0.1, 0.15) is 75.1 Å². The quantitative estimate of drug-likeness (QED) is 0.0935. The Kier molecular flexibility index (Phi) is 15.3. The average molecular weight is 832 g/mol. The van der Waals surface area contributed by atoms with Gasteiger partial charge in [0.25, 0.3) is 0 Å². The second-order valence-electron chi connectivity index (χ2n) is 13.3. The van der Waals surface area contributed by atoms with Crippen LogP contribution in [0.4, 0.5) is 5.69 Å². The van der Waals surface area contributed by atoms with E-state index < -0.39 is 60.7 Å². The second kappa shape index (κ2) is 19.9. The molecule has 18 heteroatoms. The van der Waals surface area contributed by atoms with Gasteiger partial charge in [-0.25, -0.2) is 0 Å². The summed E-state index contributed by atoms with van der Waals surface area (Å²) in [4.78, 5) is 48.6. The topological polar surface area (TPSA) is 191 Å². The highest BCUT2D eigenvalue weighted by Gasteiger charge is 2.52. The first-order chi connectivity index (χ1) is 26.7. The summed E-state index contributed by atoms with van der Waals surface area (Å²) < 4.78 is 42.1. The van der Waals surface area contributed by atoms with Gasteiger partial charge in [0.15, 0.2) is 28.9 Å². The molecule has 0 amide bonds. The van der Waals surface area contributed by atoms with Crippen molar-refractivity contribution in [1.82, 2.24) is 10.2 Å². The molecule has 9 atom stereocenters. The first kappa shape index (κ1) is 43.1. The fourth-order valence-electron chi connectivity index (χ4n) is 6.44. The van der Waals surface area contributed by atoms with Crippen LogP contribution in [0, 0.1) is 12.8 Å². The fourth-order valence-corrected chi connectivity index (χ4v) is 8.73. The Morgan fingerprint density at radius 2 is 1.50 bits per heavy atom. The van der Waals surface area contributed by atoms with Crippen molar-refractivity contribution in [2.24, 2.45) is 5.92 Å². The molecular formula is C38H45N3O12S3. The fraction of sp³-hybridized carbons (Fsp3) is 0.500. The zero-order valence-electron chi connectivity index (χ0n) is 31.7. The summed E-state index contributed by atoms with van der Waals surface area (Å²) >= 11 is 8.87. The highest BCUT2D eigenvalue weighted by atomic mass is 32.2. The number of nitrogens with one attached hydrogen (secondary N) is 1. The number of rotatable bonds is 14. The van der Waals surface area contributed by atoms with Gasteiger partial charge in [-0.15, -0.1) is 10.2 Å². The van der Waals surface area contributed by atoms with Crippen LogP contribution >= 0.6 is 35.3 Å². The van der Waals surface area contributed by atoms with E-state index in [1.165, 1.54) is 25.2 Å². The molecule has 2 aromatic carbocycles. The number of ether oxygens (including phenoxy) is 7. The summed E-state index contributed by atoms with van der Waals surface area (Å²) in [6, 6.07) is 15.0. The molecule has 0 aliphatic carbocycles. The van der Waals surface area contributed by atoms with Crippen molar-refractivity contribution in [2.45, 2.75) is 108 Å². The summed E-state index contributed by atoms with van der Waals surface area (Å²) in [6.45, 7) is 8.30. The standard InChI is InChI=1S/C38H45N3O12S3/c1-19-31(18-55-38-41-40-20(2)56-38)52-37(53-33(19)26-12-10-25(16-42)11-13-26)27-8-7-9-28(14-27)39-32(54)15-29-34(48-22(4)44)36(50-24(6)46)35(49-23(5)45)30(51-29)17-47-21(3)43/h7-14,19,29-31,33-37,42H,15-18H2,1-6H3,(H,39,54)/t19-,29-,30+,31+,33+,34-,35+,36+,37?/m0/s1. The van der Waals surface area contributed by atoms with Gasteiger partial charge < -0.3 is 43.6 Å². The molecule has 0 bridgehead atoms. The number of thiocarbonyl (C=S) groups is 1. The molecule has 2 aliphatic rings. The first-order valence-electron chi connectivity index (χ1n) is 17.8. The normalized spacial score (nSPS) is 26.1. The second-order valence-corrected chi connectivity index (χ2v) is 16.3. The Morgan fingerprint density at radius 1 is 0.839 bits per heavy atom. The smallest absolute Gasteiger partial charge is 0.303 e. The number of hydrogen-bond acceptors (Lipinski definition) is 17. The highest BCUT2D eigenvalue weighted by Crippen LogP contribution is 2.43. The number of thioether (sulfide) groups is 1. The minimum absolute atomic E-state index is 0.0387. The van der Waals surface area contributed by atoms with Crippen molar-refractivity contribution >= 4 is 69.9 Å². The third-order valence-electron chi connectivity index (χ3n) is 8.92. The Hall–Kier alpha value is -4.04. The van der Waals surface area contributed by atoms with Gasteiger partial charge in [0.05, 0.1) is 23.8 Å². The summed E-state index contributed by atoms with van der Waals surface area (Å²) in [5.41, 5.74) is 3.06. The number of aliphatic hydroxyl groups is 1. The Bertz CT molecular complexity index is 1860. The summed E-state index contributed by atoms with van der Waals surface area (Å²) in [7, 11) is 0. The third kappa shape index (κ3) is 11.7. The van der Waals surface area contributed by atoms with Gasteiger partial charge in [-0.2, -0.15) is 0 Å². The Balaban J connectivity index is 1.36. The van der Waals surface area contributed by atoms with Gasteiger partial charge in [0.1, 0.15) is 23.8 Å². The molecule has 0 spiro atoms. The number of aliphatic hydroxyl groups excluding tert-OH is 1. The lowest BCUT2D eigenvalue weighted by atomic mass is 9.91. The monoisotopic (exact) mass is 831 g/mol. The Labute approximate surface area is 338 Å². The van der Waals surface area contributed by atoms with E-state index in [1.807, 2.05) is 55.5 Å². The van der Waals surface area contributed by atoms with Crippen LogP contribution in [0.3, 0.4) is 0 Å². The zero-order valence-corrected chi connectivity index (χ0v) is 34.1. The van der Waals surface area contributed by atoms with Gasteiger partial charge in [0.2, 0.25) is 0 Å². The predicted molar refractivity (Wildman–Crippen MR) is 208 cm³/mol. The van der Waals surface area contributed by atoms with Gasteiger partial charge in [-0.05, 0) is 30.2 Å². The van der Waals surface area contributed by atoms with E-state index >= 15 is 0 Å². The molecule has 0 radical (unpaired) electrons. The maximum absolute atomic E-state index is 12.3. The molecule has 0 saturated carbocycles. The van der Waals surface area contributed by atoms with E-state index in [2.05, 4.69) is 22.4 Å². The van der Waals surface area contributed by atoms with E-state index in [9.17, 15) is 24.3 Å². The molecule has 2 N–H and O–H groups in total. The van der Waals surface area contributed by atoms with Crippen LogP contribution in [-0.4, -0.2) is 93.2 Å². The molecule has 15 nitrogen and oxygen atoms in total. The van der Waals surface area contributed by atoms with Crippen molar-refractivity contribution in [3.8, 4) is 0 Å². The lowest BCUT2D eigenvalue weighted by Gasteiger charge is -2.44. The predicted octanol–water partition coefficient (Wildman–Crippen LogP) is 5.18. The summed E-state index contributed by atoms with van der Waals surface area (Å²) in [5, 5.41) is 22.1. The molecule has 1 aromatic heterocycles. The molecular weight excluding hydrogens is 787 g/mol. The van der Waals surface area contributed by atoms with Crippen molar-refractivity contribution in [3.05, 3.63) is 70.2 Å². The van der Waals surface area contributed by atoms with E-state index in [0.29, 0.717) is 11.4 Å². The molecule has 302 valence electrons. The molecule has 2 fully saturated rings. The molecule has 3 aromatic rings. The van der Waals surface area contributed by atoms with Crippen LogP contribution in [0.25, 0.3) is 0 Å². The number of aryl methyl sites for hydroxylation is 1. The number of benzene rings is 2. The average Bonchev–Trinajstić information content (AvgIpc) is 3.57. The molecule has 2 aliphatic heterocycles. The van der Waals surface area contributed by atoms with Crippen LogP contribution in [0.15, 0.2) is 52.9 Å². The lowest BCUT2D eigenvalue weighted by molar-refractivity contribution is -0.268. The number of anilines is 1. The minimum Gasteiger partial charge on any atom is -0.463 e. The maximum atomic E-state index is 12.3. The van der Waals surface area contributed by atoms with E-state index in [1.54, 1.807) is 11.8 Å². The SMILES string of the molecule is CC(=O)OC[C@H]1O[C@@H](CC(=S)Nc2cccc(C3O[C@H](CSc4nnc(C)s4)[C@H](C)[C@H](c4ccc(CO)cc4)O3)c2)[C@H](OC(C)=O)[C@@H](OC(C)=O)[C@@H]1OC(C)=O. The molecule has 5 rings (SSSR count). The number of hydrogen-bond donors (Lipinski definition) is 2. The zero-order chi connectivity index (χ0) is 40.5. The third-order valence-corrected chi connectivity index (χ3v) is 11.2. The van der Waals surface area contributed by atoms with Crippen LogP contribution in [-0.2, 0) is 58.9 Å². The van der Waals surface area contributed by atoms with Crippen molar-refractivity contribution < 1.29 is 57.4 Å². The highest BCUT2D eigenvalue weighted by molar-refractivity contribution is 8.01. The van der Waals surface area contributed by atoms with E-state index in [4.69, 9.17) is 45.4 Å². The molecule has 3 heterocycles. The van der Waals surface area contributed by atoms with E-state index in [0.717, 1.165) is 39.9 Å². The largest absolute Gasteiger partial charge is 0.463 e. The van der Waals surface area contributed by atoms with Gasteiger partial charge in [-0.3, -0.25) is 19.2 Å². The van der Waals surface area contributed by atoms with Gasteiger partial charge >= 0.3 is 23.9 Å². The minimum atomic E-state index is -1.30. The van der Waals surface area contributed by atoms with Crippen LogP contribution in [0.5, 0.6) is 0 Å². The van der Waals surface area contributed by atoms with Crippen LogP contribution < -0.4 is 5.32 Å². The van der Waals surface area contributed by atoms with Crippen molar-refractivity contribution in [2.75, 3.05) is 17.7 Å². The molecule has 56 heavy (non-hydrogen) atoms. The number of aromatic nitrogens is 2. The molecule has 1 unspecified atom stereocenters. The van der Waals surface area contributed by atoms with E-state index in [-0.39, 0.29) is 42.7 Å². The first-order valence-corrected chi connectivity index (χ1v) is 20.1. The maximum Gasteiger partial charge on any atom is 0.303 e. The van der Waals surface area contributed by atoms with Crippen molar-refractivity contribution in [1.29, 1.82) is 0 Å². The number of nitrogens with zero attached hydrogens (tertiary/aromatic N) is 2. The number of carbonyl (C=O) groups is 4. The van der Waals surface area contributed by atoms with Crippen LogP contribution in [0.2, 0.25) is 0 Å². The Morgan fingerprint density at radius 3 is 2.11 bits per heavy atom. The summed E-state index contributed by atoms with van der Waals surface area (Å²) in [5.74, 6) is -2.19. The van der Waals surface area contributed by atoms with Gasteiger partial charge in [-0.1, -0.05) is 78.6 Å². The lowest BCUT2D eigenvalue weighted by Crippen LogP contribution is -2.62. The van der Waals surface area contributed by atoms with Gasteiger partial charge in [0, 0.05) is 57.0 Å². The number of esters is 4. The molecule has 2 saturated heterocycles. The van der Waals surface area contributed by atoms with Crippen molar-refractivity contribution in [3.63, 3.8) is 0 Å².